The Balaban J connectivity index is 2.46. The molecule has 0 aliphatic carbocycles. The van der Waals surface area contributed by atoms with E-state index in [1.54, 1.807) is 12.1 Å². The van der Waals surface area contributed by atoms with E-state index in [0.29, 0.717) is 5.75 Å². The number of non-ortho nitro benzene ring substituents is 1. The molecule has 0 aliphatic rings. The summed E-state index contributed by atoms with van der Waals surface area (Å²) in [6.45, 7) is 3.96. The van der Waals surface area contributed by atoms with Gasteiger partial charge >= 0.3 is 5.69 Å². The predicted molar refractivity (Wildman–Crippen MR) is 80.4 cm³/mol. The third kappa shape index (κ3) is 3.20. The highest BCUT2D eigenvalue weighted by Gasteiger charge is 2.22. The van der Waals surface area contributed by atoms with Gasteiger partial charge in [-0.1, -0.05) is 32.0 Å². The van der Waals surface area contributed by atoms with Crippen molar-refractivity contribution in [3.63, 3.8) is 0 Å². The van der Waals surface area contributed by atoms with E-state index in [-0.39, 0.29) is 17.4 Å². The largest absolute Gasteiger partial charge is 0.450 e. The van der Waals surface area contributed by atoms with Crippen molar-refractivity contribution in [3.8, 4) is 11.5 Å². The van der Waals surface area contributed by atoms with Crippen molar-refractivity contribution in [2.75, 3.05) is 0 Å². The van der Waals surface area contributed by atoms with E-state index >= 15 is 0 Å². The van der Waals surface area contributed by atoms with Crippen LogP contribution in [0.4, 0.5) is 11.4 Å². The summed E-state index contributed by atoms with van der Waals surface area (Å²) in [5.41, 5.74) is 0.110. The topological polar surface area (TPSA) is 95.5 Å². The first-order chi connectivity index (χ1) is 10.4. The number of rotatable bonds is 5. The Morgan fingerprint density at radius 2 is 1.64 bits per heavy atom. The van der Waals surface area contributed by atoms with Crippen LogP contribution >= 0.6 is 0 Å². The number of nitrogens with zero attached hydrogens (tertiary/aromatic N) is 2. The highest BCUT2D eigenvalue weighted by Crippen LogP contribution is 2.37. The standard InChI is InChI=1S/C15H14N2O5/c1-10(2)12-5-3-4-6-14(12)22-15-8-7-11(16(18)19)9-13(15)17(20)21/h3-10H,1-2H3. The highest BCUT2D eigenvalue weighted by atomic mass is 16.6. The average Bonchev–Trinajstić information content (AvgIpc) is 2.47. The van der Waals surface area contributed by atoms with Crippen LogP contribution in [-0.2, 0) is 0 Å². The number of benzene rings is 2. The van der Waals surface area contributed by atoms with Crippen LogP contribution in [0.25, 0.3) is 0 Å². The van der Waals surface area contributed by atoms with Gasteiger partial charge in [0.25, 0.3) is 5.69 Å². The van der Waals surface area contributed by atoms with Gasteiger partial charge in [0.15, 0.2) is 0 Å². The lowest BCUT2D eigenvalue weighted by Crippen LogP contribution is -1.98. The zero-order valence-corrected chi connectivity index (χ0v) is 12.1. The zero-order chi connectivity index (χ0) is 16.3. The molecular formula is C15H14N2O5. The highest BCUT2D eigenvalue weighted by molar-refractivity contribution is 5.55. The summed E-state index contributed by atoms with van der Waals surface area (Å²) in [6.07, 6.45) is 0. The molecule has 114 valence electrons. The van der Waals surface area contributed by atoms with Gasteiger partial charge in [-0.15, -0.1) is 0 Å². The Kier molecular flexibility index (Phi) is 4.36. The van der Waals surface area contributed by atoms with Crippen LogP contribution in [0, 0.1) is 20.2 Å². The van der Waals surface area contributed by atoms with Crippen LogP contribution in [0.15, 0.2) is 42.5 Å². The number of hydrogen-bond donors (Lipinski definition) is 0. The molecule has 0 unspecified atom stereocenters. The van der Waals surface area contributed by atoms with E-state index in [9.17, 15) is 20.2 Å². The van der Waals surface area contributed by atoms with Gasteiger partial charge in [-0.25, -0.2) is 0 Å². The van der Waals surface area contributed by atoms with Crippen LogP contribution in [-0.4, -0.2) is 9.85 Å². The number of para-hydroxylation sites is 1. The molecule has 0 radical (unpaired) electrons. The molecule has 0 N–H and O–H groups in total. The Labute approximate surface area is 126 Å². The number of nitro benzene ring substituents is 2. The molecule has 0 amide bonds. The predicted octanol–water partition coefficient (Wildman–Crippen LogP) is 4.42. The lowest BCUT2D eigenvalue weighted by Gasteiger charge is -2.13. The first-order valence-corrected chi connectivity index (χ1v) is 6.59. The first-order valence-electron chi connectivity index (χ1n) is 6.59. The van der Waals surface area contributed by atoms with Gasteiger partial charge in [-0.2, -0.15) is 0 Å². The smallest absolute Gasteiger partial charge is 0.318 e. The van der Waals surface area contributed by atoms with E-state index < -0.39 is 15.5 Å². The van der Waals surface area contributed by atoms with Crippen molar-refractivity contribution in [3.05, 3.63) is 68.3 Å². The van der Waals surface area contributed by atoms with E-state index in [2.05, 4.69) is 0 Å². The van der Waals surface area contributed by atoms with Gasteiger partial charge in [0, 0.05) is 6.07 Å². The fraction of sp³-hybridized carbons (Fsp3) is 0.200. The van der Waals surface area contributed by atoms with Gasteiger partial charge < -0.3 is 4.74 Å². The molecule has 2 aromatic rings. The van der Waals surface area contributed by atoms with Crippen LogP contribution < -0.4 is 4.74 Å². The molecule has 2 rings (SSSR count). The summed E-state index contributed by atoms with van der Waals surface area (Å²) < 4.78 is 5.63. The van der Waals surface area contributed by atoms with Crippen molar-refractivity contribution < 1.29 is 14.6 Å². The second kappa shape index (κ2) is 6.21. The minimum atomic E-state index is -0.694. The third-order valence-corrected chi connectivity index (χ3v) is 3.11. The minimum absolute atomic E-state index is 0.0244. The minimum Gasteiger partial charge on any atom is -0.450 e. The van der Waals surface area contributed by atoms with E-state index in [1.807, 2.05) is 26.0 Å². The monoisotopic (exact) mass is 302 g/mol. The van der Waals surface area contributed by atoms with Gasteiger partial charge in [0.2, 0.25) is 5.75 Å². The quantitative estimate of drug-likeness (QED) is 0.601. The molecule has 0 aliphatic heterocycles. The molecule has 0 saturated heterocycles. The Hall–Kier alpha value is -2.96. The first kappa shape index (κ1) is 15.4. The van der Waals surface area contributed by atoms with Gasteiger partial charge in [-0.05, 0) is 23.6 Å². The molecule has 22 heavy (non-hydrogen) atoms. The summed E-state index contributed by atoms with van der Waals surface area (Å²) in [6, 6.07) is 10.5. The molecule has 0 heterocycles. The normalized spacial score (nSPS) is 10.5. The maximum atomic E-state index is 11.1. The van der Waals surface area contributed by atoms with E-state index in [4.69, 9.17) is 4.74 Å². The lowest BCUT2D eigenvalue weighted by molar-refractivity contribution is -0.394. The molecule has 2 aromatic carbocycles. The van der Waals surface area contributed by atoms with E-state index in [0.717, 1.165) is 11.6 Å². The fourth-order valence-corrected chi connectivity index (χ4v) is 2.02. The van der Waals surface area contributed by atoms with Crippen LogP contribution in [0.2, 0.25) is 0 Å². The summed E-state index contributed by atoms with van der Waals surface area (Å²) in [7, 11) is 0. The molecule has 7 nitrogen and oxygen atoms in total. The molecule has 0 spiro atoms. The van der Waals surface area contributed by atoms with Crippen molar-refractivity contribution >= 4 is 11.4 Å². The second-order valence-electron chi connectivity index (χ2n) is 4.96. The molecule has 0 atom stereocenters. The zero-order valence-electron chi connectivity index (χ0n) is 12.1. The van der Waals surface area contributed by atoms with Crippen molar-refractivity contribution in [1.82, 2.24) is 0 Å². The molecule has 7 heteroatoms. The lowest BCUT2D eigenvalue weighted by atomic mass is 10.0. The summed E-state index contributed by atoms with van der Waals surface area (Å²) in [4.78, 5) is 20.5. The fourth-order valence-electron chi connectivity index (χ4n) is 2.02. The SMILES string of the molecule is CC(C)c1ccccc1Oc1ccc([N+](=O)[O-])cc1[N+](=O)[O-]. The van der Waals surface area contributed by atoms with Gasteiger partial charge in [0.05, 0.1) is 15.9 Å². The van der Waals surface area contributed by atoms with Crippen molar-refractivity contribution in [2.45, 2.75) is 19.8 Å². The Morgan fingerprint density at radius 3 is 2.23 bits per heavy atom. The Bertz CT molecular complexity index is 728. The van der Waals surface area contributed by atoms with E-state index in [1.165, 1.54) is 12.1 Å². The van der Waals surface area contributed by atoms with Crippen molar-refractivity contribution in [2.24, 2.45) is 0 Å². The second-order valence-corrected chi connectivity index (χ2v) is 4.96. The van der Waals surface area contributed by atoms with Crippen LogP contribution in [0.5, 0.6) is 11.5 Å². The van der Waals surface area contributed by atoms with Gasteiger partial charge in [-0.3, -0.25) is 20.2 Å². The van der Waals surface area contributed by atoms with Gasteiger partial charge in [0.1, 0.15) is 5.75 Å². The summed E-state index contributed by atoms with van der Waals surface area (Å²) in [5, 5.41) is 21.8. The third-order valence-electron chi connectivity index (χ3n) is 3.11. The molecule has 0 saturated carbocycles. The molecule has 0 fully saturated rings. The number of nitro groups is 2. The maximum absolute atomic E-state index is 11.1. The number of hydrogen-bond acceptors (Lipinski definition) is 5. The molecule has 0 bridgehead atoms. The Morgan fingerprint density at radius 1 is 0.955 bits per heavy atom. The van der Waals surface area contributed by atoms with Crippen LogP contribution in [0.3, 0.4) is 0 Å². The number of ether oxygens (including phenoxy) is 1. The average molecular weight is 302 g/mol. The van der Waals surface area contributed by atoms with Crippen LogP contribution in [0.1, 0.15) is 25.3 Å². The summed E-state index contributed by atoms with van der Waals surface area (Å²) in [5.74, 6) is 0.645. The molecular weight excluding hydrogens is 288 g/mol. The maximum Gasteiger partial charge on any atom is 0.318 e. The molecule has 0 aromatic heterocycles. The summed E-state index contributed by atoms with van der Waals surface area (Å²) >= 11 is 0. The van der Waals surface area contributed by atoms with Crippen molar-refractivity contribution in [1.29, 1.82) is 0 Å².